The SMILES string of the molecule is CN=C(NCCCCOC1CCCCCC1)N(C)CCC1CCOCC1.I. The van der Waals surface area contributed by atoms with Gasteiger partial charge in [0.05, 0.1) is 6.10 Å². The summed E-state index contributed by atoms with van der Waals surface area (Å²) >= 11 is 0. The van der Waals surface area contributed by atoms with Crippen molar-refractivity contribution in [3.63, 3.8) is 0 Å². The molecule has 2 rings (SSSR count). The lowest BCUT2D eigenvalue weighted by molar-refractivity contribution is 0.0411. The Morgan fingerprint density at radius 3 is 2.44 bits per heavy atom. The molecule has 0 atom stereocenters. The molecule has 0 unspecified atom stereocenters. The average molecular weight is 495 g/mol. The zero-order valence-corrected chi connectivity index (χ0v) is 19.9. The zero-order chi connectivity index (χ0) is 18.5. The minimum absolute atomic E-state index is 0. The Kier molecular flexibility index (Phi) is 14.6. The molecule has 1 saturated carbocycles. The smallest absolute Gasteiger partial charge is 0.193 e. The van der Waals surface area contributed by atoms with Crippen molar-refractivity contribution in [3.05, 3.63) is 0 Å². The summed E-state index contributed by atoms with van der Waals surface area (Å²) in [5, 5.41) is 3.50. The minimum Gasteiger partial charge on any atom is -0.381 e. The van der Waals surface area contributed by atoms with E-state index in [4.69, 9.17) is 9.47 Å². The van der Waals surface area contributed by atoms with E-state index in [1.165, 1.54) is 57.8 Å². The summed E-state index contributed by atoms with van der Waals surface area (Å²) in [6.45, 7) is 4.82. The van der Waals surface area contributed by atoms with Crippen LogP contribution in [0.15, 0.2) is 4.99 Å². The van der Waals surface area contributed by atoms with Gasteiger partial charge in [-0.3, -0.25) is 4.99 Å². The quantitative estimate of drug-likeness (QED) is 0.169. The second-order valence-corrected chi connectivity index (χ2v) is 7.93. The molecule has 2 fully saturated rings. The van der Waals surface area contributed by atoms with Crippen molar-refractivity contribution in [2.24, 2.45) is 10.9 Å². The van der Waals surface area contributed by atoms with E-state index in [9.17, 15) is 0 Å². The van der Waals surface area contributed by atoms with Gasteiger partial charge in [0.2, 0.25) is 0 Å². The third-order valence-corrected chi connectivity index (χ3v) is 5.80. The van der Waals surface area contributed by atoms with E-state index in [1.807, 2.05) is 7.05 Å². The van der Waals surface area contributed by atoms with Gasteiger partial charge in [-0.2, -0.15) is 0 Å². The first-order chi connectivity index (χ1) is 12.8. The summed E-state index contributed by atoms with van der Waals surface area (Å²) in [6.07, 6.45) is 14.5. The molecule has 0 radical (unpaired) electrons. The van der Waals surface area contributed by atoms with E-state index in [0.29, 0.717) is 6.10 Å². The molecule has 0 aromatic rings. The molecule has 27 heavy (non-hydrogen) atoms. The van der Waals surface area contributed by atoms with Crippen LogP contribution in [0.1, 0.15) is 70.6 Å². The topological polar surface area (TPSA) is 46.1 Å². The number of guanidine groups is 1. The zero-order valence-electron chi connectivity index (χ0n) is 17.6. The molecule has 1 heterocycles. The first kappa shape index (κ1) is 25.0. The van der Waals surface area contributed by atoms with E-state index in [0.717, 1.165) is 57.6 Å². The molecule has 1 N–H and O–H groups in total. The van der Waals surface area contributed by atoms with Gasteiger partial charge < -0.3 is 19.7 Å². The van der Waals surface area contributed by atoms with Crippen LogP contribution in [0.5, 0.6) is 0 Å². The Labute approximate surface area is 184 Å². The third kappa shape index (κ3) is 10.9. The summed E-state index contributed by atoms with van der Waals surface area (Å²) in [6, 6.07) is 0. The molecule has 160 valence electrons. The van der Waals surface area contributed by atoms with Gasteiger partial charge in [-0.15, -0.1) is 24.0 Å². The fourth-order valence-corrected chi connectivity index (χ4v) is 3.99. The van der Waals surface area contributed by atoms with Crippen LogP contribution in [0.25, 0.3) is 0 Å². The van der Waals surface area contributed by atoms with Crippen molar-refractivity contribution in [1.82, 2.24) is 10.2 Å². The van der Waals surface area contributed by atoms with E-state index in [2.05, 4.69) is 22.3 Å². The number of halogens is 1. The second-order valence-electron chi connectivity index (χ2n) is 7.93. The van der Waals surface area contributed by atoms with Crippen LogP contribution in [-0.2, 0) is 9.47 Å². The van der Waals surface area contributed by atoms with Crippen LogP contribution in [0.2, 0.25) is 0 Å². The highest BCUT2D eigenvalue weighted by Gasteiger charge is 2.15. The lowest BCUT2D eigenvalue weighted by Gasteiger charge is -2.26. The summed E-state index contributed by atoms with van der Waals surface area (Å²) in [4.78, 5) is 6.69. The van der Waals surface area contributed by atoms with Crippen LogP contribution in [-0.4, -0.2) is 64.0 Å². The number of nitrogens with zero attached hydrogens (tertiary/aromatic N) is 2. The average Bonchev–Trinajstić information content (AvgIpc) is 2.95. The van der Waals surface area contributed by atoms with Crippen molar-refractivity contribution in [1.29, 1.82) is 0 Å². The Morgan fingerprint density at radius 2 is 1.78 bits per heavy atom. The van der Waals surface area contributed by atoms with Crippen LogP contribution < -0.4 is 5.32 Å². The maximum Gasteiger partial charge on any atom is 0.193 e. The number of hydrogen-bond acceptors (Lipinski definition) is 3. The molecule has 0 spiro atoms. The third-order valence-electron chi connectivity index (χ3n) is 5.80. The largest absolute Gasteiger partial charge is 0.381 e. The Bertz CT molecular complexity index is 382. The van der Waals surface area contributed by atoms with Gasteiger partial charge >= 0.3 is 0 Å². The highest BCUT2D eigenvalue weighted by molar-refractivity contribution is 14.0. The highest BCUT2D eigenvalue weighted by atomic mass is 127. The Morgan fingerprint density at radius 1 is 1.07 bits per heavy atom. The molecule has 2 aliphatic rings. The molecule has 0 amide bonds. The fourth-order valence-electron chi connectivity index (χ4n) is 3.99. The molecule has 0 aromatic carbocycles. The Hall–Kier alpha value is -0.0800. The number of aliphatic imine (C=N–C) groups is 1. The monoisotopic (exact) mass is 495 g/mol. The summed E-state index contributed by atoms with van der Waals surface area (Å²) in [5.41, 5.74) is 0. The normalized spacial score (nSPS) is 20.0. The van der Waals surface area contributed by atoms with Crippen LogP contribution in [0.4, 0.5) is 0 Å². The van der Waals surface area contributed by atoms with Gasteiger partial charge in [0.25, 0.3) is 0 Å². The standard InChI is InChI=1S/C21H41N3O2.HI/c1-22-21(24(2)15-11-19-12-17-25-18-13-19)23-14-7-8-16-26-20-9-5-3-4-6-10-20;/h19-20H,3-18H2,1-2H3,(H,22,23);1H. The van der Waals surface area contributed by atoms with Gasteiger partial charge in [0.15, 0.2) is 5.96 Å². The van der Waals surface area contributed by atoms with E-state index < -0.39 is 0 Å². The van der Waals surface area contributed by atoms with E-state index in [1.54, 1.807) is 0 Å². The molecule has 5 nitrogen and oxygen atoms in total. The van der Waals surface area contributed by atoms with Crippen molar-refractivity contribution in [3.8, 4) is 0 Å². The lowest BCUT2D eigenvalue weighted by Crippen LogP contribution is -2.40. The summed E-state index contributed by atoms with van der Waals surface area (Å²) in [7, 11) is 4.02. The van der Waals surface area contributed by atoms with Gasteiger partial charge in [0.1, 0.15) is 0 Å². The van der Waals surface area contributed by atoms with Crippen molar-refractivity contribution in [2.45, 2.75) is 76.7 Å². The number of unbranched alkanes of at least 4 members (excludes halogenated alkanes) is 1. The predicted octanol–water partition coefficient (Wildman–Crippen LogP) is 4.45. The first-order valence-corrected chi connectivity index (χ1v) is 10.9. The van der Waals surface area contributed by atoms with Crippen LogP contribution in [0.3, 0.4) is 0 Å². The lowest BCUT2D eigenvalue weighted by atomic mass is 9.96. The molecule has 1 saturated heterocycles. The molecular formula is C21H42IN3O2. The van der Waals surface area contributed by atoms with Gasteiger partial charge in [-0.1, -0.05) is 25.7 Å². The van der Waals surface area contributed by atoms with Crippen molar-refractivity contribution < 1.29 is 9.47 Å². The molecule has 1 aliphatic carbocycles. The molecule has 1 aliphatic heterocycles. The Balaban J connectivity index is 0.00000364. The predicted molar refractivity (Wildman–Crippen MR) is 124 cm³/mol. The maximum absolute atomic E-state index is 6.07. The summed E-state index contributed by atoms with van der Waals surface area (Å²) in [5.74, 6) is 1.83. The maximum atomic E-state index is 6.07. The minimum atomic E-state index is 0. The van der Waals surface area contributed by atoms with Crippen molar-refractivity contribution in [2.75, 3.05) is 47.0 Å². The molecule has 0 bridgehead atoms. The van der Waals surface area contributed by atoms with Gasteiger partial charge in [0, 0.05) is 47.0 Å². The first-order valence-electron chi connectivity index (χ1n) is 10.9. The summed E-state index contributed by atoms with van der Waals surface area (Å²) < 4.78 is 11.5. The van der Waals surface area contributed by atoms with Crippen LogP contribution >= 0.6 is 24.0 Å². The molecule has 0 aromatic heterocycles. The number of hydrogen-bond donors (Lipinski definition) is 1. The van der Waals surface area contributed by atoms with E-state index >= 15 is 0 Å². The number of ether oxygens (including phenoxy) is 2. The van der Waals surface area contributed by atoms with Crippen LogP contribution in [0, 0.1) is 5.92 Å². The van der Waals surface area contributed by atoms with Crippen molar-refractivity contribution >= 4 is 29.9 Å². The number of rotatable bonds is 9. The fraction of sp³-hybridized carbons (Fsp3) is 0.952. The van der Waals surface area contributed by atoms with Gasteiger partial charge in [-0.25, -0.2) is 0 Å². The molecular weight excluding hydrogens is 453 g/mol. The highest BCUT2D eigenvalue weighted by Crippen LogP contribution is 2.20. The second kappa shape index (κ2) is 15.8. The molecule has 6 heteroatoms. The number of nitrogens with one attached hydrogen (secondary N) is 1. The van der Waals surface area contributed by atoms with E-state index in [-0.39, 0.29) is 24.0 Å². The van der Waals surface area contributed by atoms with Gasteiger partial charge in [-0.05, 0) is 50.9 Å².